The van der Waals surface area contributed by atoms with Crippen LogP contribution in [0.15, 0.2) is 24.3 Å². The SMILES string of the molecule is Cc1cccc(OC(=O)NCC(C)O)c1. The van der Waals surface area contributed by atoms with E-state index in [1.807, 2.05) is 19.1 Å². The molecule has 1 unspecified atom stereocenters. The van der Waals surface area contributed by atoms with Crippen LogP contribution >= 0.6 is 0 Å². The molecule has 2 N–H and O–H groups in total. The quantitative estimate of drug-likeness (QED) is 0.792. The van der Waals surface area contributed by atoms with Crippen molar-refractivity contribution < 1.29 is 14.6 Å². The maximum Gasteiger partial charge on any atom is 0.412 e. The van der Waals surface area contributed by atoms with E-state index in [4.69, 9.17) is 9.84 Å². The number of aryl methyl sites for hydroxylation is 1. The van der Waals surface area contributed by atoms with Crippen LogP contribution in [0.25, 0.3) is 0 Å². The van der Waals surface area contributed by atoms with Gasteiger partial charge in [0.05, 0.1) is 6.10 Å². The summed E-state index contributed by atoms with van der Waals surface area (Å²) in [6.45, 7) is 3.69. The molecular formula is C11H15NO3. The van der Waals surface area contributed by atoms with Gasteiger partial charge in [-0.2, -0.15) is 0 Å². The zero-order chi connectivity index (χ0) is 11.3. The normalized spacial score (nSPS) is 11.9. The molecule has 1 aromatic carbocycles. The summed E-state index contributed by atoms with van der Waals surface area (Å²) in [6, 6.07) is 7.20. The first-order valence-electron chi connectivity index (χ1n) is 4.78. The van der Waals surface area contributed by atoms with Gasteiger partial charge in [-0.3, -0.25) is 0 Å². The Bertz CT molecular complexity index is 336. The van der Waals surface area contributed by atoms with Crippen molar-refractivity contribution >= 4 is 6.09 Å². The minimum atomic E-state index is -0.574. The summed E-state index contributed by atoms with van der Waals surface area (Å²) in [5, 5.41) is 11.4. The zero-order valence-electron chi connectivity index (χ0n) is 8.86. The van der Waals surface area contributed by atoms with E-state index in [0.717, 1.165) is 5.56 Å². The molecule has 1 aromatic rings. The summed E-state index contributed by atoms with van der Waals surface area (Å²) < 4.78 is 4.98. The Balaban J connectivity index is 2.44. The summed E-state index contributed by atoms with van der Waals surface area (Å²) >= 11 is 0. The molecule has 4 nitrogen and oxygen atoms in total. The average Bonchev–Trinajstić information content (AvgIpc) is 2.15. The molecule has 0 radical (unpaired) electrons. The maximum absolute atomic E-state index is 11.2. The smallest absolute Gasteiger partial charge is 0.410 e. The van der Waals surface area contributed by atoms with Crippen LogP contribution in [-0.2, 0) is 0 Å². The Morgan fingerprint density at radius 1 is 1.60 bits per heavy atom. The molecule has 1 amide bonds. The lowest BCUT2D eigenvalue weighted by molar-refractivity contribution is 0.172. The van der Waals surface area contributed by atoms with Crippen molar-refractivity contribution in [1.29, 1.82) is 0 Å². The molecule has 0 saturated heterocycles. The summed E-state index contributed by atoms with van der Waals surface area (Å²) in [6.07, 6.45) is -1.13. The number of aliphatic hydroxyl groups is 1. The molecule has 0 aliphatic heterocycles. The second-order valence-electron chi connectivity index (χ2n) is 3.44. The Morgan fingerprint density at radius 2 is 2.33 bits per heavy atom. The van der Waals surface area contributed by atoms with Crippen molar-refractivity contribution in [2.75, 3.05) is 6.54 Å². The van der Waals surface area contributed by atoms with Crippen LogP contribution in [0, 0.1) is 6.92 Å². The second-order valence-corrected chi connectivity index (χ2v) is 3.44. The maximum atomic E-state index is 11.2. The van der Waals surface area contributed by atoms with Crippen LogP contribution in [0.4, 0.5) is 4.79 Å². The lowest BCUT2D eigenvalue weighted by Gasteiger charge is -2.08. The Labute approximate surface area is 88.9 Å². The predicted octanol–water partition coefficient (Wildman–Crippen LogP) is 1.46. The van der Waals surface area contributed by atoms with Crippen molar-refractivity contribution in [2.45, 2.75) is 20.0 Å². The molecule has 82 valence electrons. The monoisotopic (exact) mass is 209 g/mol. The third-order valence-electron chi connectivity index (χ3n) is 1.74. The fraction of sp³-hybridized carbons (Fsp3) is 0.364. The molecule has 0 saturated carbocycles. The van der Waals surface area contributed by atoms with Gasteiger partial charge in [-0.15, -0.1) is 0 Å². The van der Waals surface area contributed by atoms with E-state index >= 15 is 0 Å². The fourth-order valence-electron chi connectivity index (χ4n) is 1.05. The van der Waals surface area contributed by atoms with E-state index in [9.17, 15) is 4.79 Å². The third-order valence-corrected chi connectivity index (χ3v) is 1.74. The number of rotatable bonds is 3. The molecule has 0 heterocycles. The van der Waals surface area contributed by atoms with Crippen molar-refractivity contribution in [3.05, 3.63) is 29.8 Å². The first kappa shape index (κ1) is 11.5. The molecule has 0 fully saturated rings. The number of aliphatic hydroxyl groups excluding tert-OH is 1. The molecule has 0 aliphatic rings. The van der Waals surface area contributed by atoms with Crippen LogP contribution in [0.3, 0.4) is 0 Å². The van der Waals surface area contributed by atoms with Crippen LogP contribution in [0.5, 0.6) is 5.75 Å². The van der Waals surface area contributed by atoms with Crippen molar-refractivity contribution in [1.82, 2.24) is 5.32 Å². The molecule has 0 aromatic heterocycles. The molecule has 0 aliphatic carbocycles. The third kappa shape index (κ3) is 4.46. The Morgan fingerprint density at radius 3 is 2.93 bits per heavy atom. The van der Waals surface area contributed by atoms with E-state index in [1.165, 1.54) is 0 Å². The van der Waals surface area contributed by atoms with Gasteiger partial charge >= 0.3 is 6.09 Å². The number of benzene rings is 1. The summed E-state index contributed by atoms with van der Waals surface area (Å²) in [7, 11) is 0. The lowest BCUT2D eigenvalue weighted by Crippen LogP contribution is -2.32. The lowest BCUT2D eigenvalue weighted by atomic mass is 10.2. The Kier molecular flexibility index (Phi) is 4.12. The fourth-order valence-corrected chi connectivity index (χ4v) is 1.05. The highest BCUT2D eigenvalue weighted by molar-refractivity contribution is 5.70. The van der Waals surface area contributed by atoms with E-state index in [-0.39, 0.29) is 6.54 Å². The van der Waals surface area contributed by atoms with E-state index < -0.39 is 12.2 Å². The minimum absolute atomic E-state index is 0.185. The van der Waals surface area contributed by atoms with Gasteiger partial charge in [0.15, 0.2) is 0 Å². The Hall–Kier alpha value is -1.55. The van der Waals surface area contributed by atoms with Crippen LogP contribution in [0.2, 0.25) is 0 Å². The molecule has 1 rings (SSSR count). The van der Waals surface area contributed by atoms with Gasteiger partial charge in [-0.05, 0) is 31.5 Å². The van der Waals surface area contributed by atoms with Gasteiger partial charge in [0, 0.05) is 6.54 Å². The molecule has 4 heteroatoms. The molecule has 0 spiro atoms. The van der Waals surface area contributed by atoms with E-state index in [1.54, 1.807) is 19.1 Å². The first-order valence-corrected chi connectivity index (χ1v) is 4.78. The number of carbonyl (C=O) groups excluding carboxylic acids is 1. The van der Waals surface area contributed by atoms with Gasteiger partial charge < -0.3 is 15.2 Å². The molecular weight excluding hydrogens is 194 g/mol. The van der Waals surface area contributed by atoms with Gasteiger partial charge in [0.2, 0.25) is 0 Å². The number of amides is 1. The first-order chi connectivity index (χ1) is 7.08. The average molecular weight is 209 g/mol. The largest absolute Gasteiger partial charge is 0.412 e. The van der Waals surface area contributed by atoms with Crippen molar-refractivity contribution in [2.24, 2.45) is 0 Å². The standard InChI is InChI=1S/C11H15NO3/c1-8-4-3-5-10(6-8)15-11(14)12-7-9(2)13/h3-6,9,13H,7H2,1-2H3,(H,12,14). The van der Waals surface area contributed by atoms with Gasteiger partial charge in [0.25, 0.3) is 0 Å². The topological polar surface area (TPSA) is 58.6 Å². The van der Waals surface area contributed by atoms with Crippen LogP contribution < -0.4 is 10.1 Å². The predicted molar refractivity (Wildman–Crippen MR) is 56.9 cm³/mol. The molecule has 1 atom stereocenters. The van der Waals surface area contributed by atoms with Gasteiger partial charge in [0.1, 0.15) is 5.75 Å². The second kappa shape index (κ2) is 5.36. The van der Waals surface area contributed by atoms with Crippen molar-refractivity contribution in [3.8, 4) is 5.75 Å². The van der Waals surface area contributed by atoms with E-state index in [2.05, 4.69) is 5.32 Å². The highest BCUT2D eigenvalue weighted by Crippen LogP contribution is 2.12. The zero-order valence-corrected chi connectivity index (χ0v) is 8.86. The van der Waals surface area contributed by atoms with Gasteiger partial charge in [-0.1, -0.05) is 12.1 Å². The minimum Gasteiger partial charge on any atom is -0.410 e. The summed E-state index contributed by atoms with van der Waals surface area (Å²) in [4.78, 5) is 11.2. The highest BCUT2D eigenvalue weighted by Gasteiger charge is 2.04. The molecule has 15 heavy (non-hydrogen) atoms. The number of ether oxygens (including phenoxy) is 1. The molecule has 0 bridgehead atoms. The summed E-state index contributed by atoms with van der Waals surface area (Å²) in [5.74, 6) is 0.498. The van der Waals surface area contributed by atoms with E-state index in [0.29, 0.717) is 5.75 Å². The number of hydrogen-bond donors (Lipinski definition) is 2. The number of hydrogen-bond acceptors (Lipinski definition) is 3. The van der Waals surface area contributed by atoms with Crippen molar-refractivity contribution in [3.63, 3.8) is 0 Å². The summed E-state index contributed by atoms with van der Waals surface area (Å²) in [5.41, 5.74) is 1.02. The van der Waals surface area contributed by atoms with Gasteiger partial charge in [-0.25, -0.2) is 4.79 Å². The van der Waals surface area contributed by atoms with Crippen LogP contribution in [-0.4, -0.2) is 23.8 Å². The van der Waals surface area contributed by atoms with Crippen LogP contribution in [0.1, 0.15) is 12.5 Å². The number of nitrogens with one attached hydrogen (secondary N) is 1. The highest BCUT2D eigenvalue weighted by atomic mass is 16.6. The number of carbonyl (C=O) groups is 1.